The molecular formula is C23H25ClFN3O2. The van der Waals surface area contributed by atoms with Gasteiger partial charge in [-0.25, -0.2) is 4.39 Å². The highest BCUT2D eigenvalue weighted by Crippen LogP contribution is 2.38. The number of hydrogen-bond donors (Lipinski definition) is 1. The van der Waals surface area contributed by atoms with E-state index in [0.717, 1.165) is 18.7 Å². The summed E-state index contributed by atoms with van der Waals surface area (Å²) < 4.78 is 13.9. The summed E-state index contributed by atoms with van der Waals surface area (Å²) in [6.07, 6.45) is 0.675. The second-order valence-corrected chi connectivity index (χ2v) is 8.57. The first-order valence-electron chi connectivity index (χ1n) is 10.2. The van der Waals surface area contributed by atoms with Crippen molar-refractivity contribution in [1.29, 1.82) is 0 Å². The molecule has 2 aromatic rings. The minimum absolute atomic E-state index is 0.0333. The van der Waals surface area contributed by atoms with Crippen molar-refractivity contribution in [1.82, 2.24) is 15.1 Å². The molecule has 2 aromatic carbocycles. The molecule has 0 spiro atoms. The lowest BCUT2D eigenvalue weighted by molar-refractivity contribution is -0.142. The van der Waals surface area contributed by atoms with Crippen LogP contribution < -0.4 is 5.32 Å². The van der Waals surface area contributed by atoms with Gasteiger partial charge in [-0.2, -0.15) is 0 Å². The van der Waals surface area contributed by atoms with E-state index in [9.17, 15) is 14.0 Å². The second-order valence-electron chi connectivity index (χ2n) is 8.16. The topological polar surface area (TPSA) is 52.7 Å². The molecule has 0 saturated carbocycles. The standard InChI is InChI=1S/C23H25ClFN3O2/c24-19-7-6-18(12-20(19)25)15-28-16-23(14-21(28)29,13-17-4-2-1-3-5-17)22(30)27-10-8-26-9-11-27/h1-7,12,26H,8-11,13-16H2. The molecule has 2 heterocycles. The van der Waals surface area contributed by atoms with E-state index in [4.69, 9.17) is 11.6 Å². The number of rotatable bonds is 5. The summed E-state index contributed by atoms with van der Waals surface area (Å²) in [7, 11) is 0. The molecule has 0 aromatic heterocycles. The number of carbonyl (C=O) groups is 2. The van der Waals surface area contributed by atoms with Gasteiger partial charge in [-0.05, 0) is 29.7 Å². The predicted octanol–water partition coefficient (Wildman–Crippen LogP) is 2.87. The monoisotopic (exact) mass is 429 g/mol. The van der Waals surface area contributed by atoms with Gasteiger partial charge in [-0.3, -0.25) is 9.59 Å². The van der Waals surface area contributed by atoms with Crippen LogP contribution in [0.5, 0.6) is 0 Å². The molecule has 0 radical (unpaired) electrons. The molecule has 30 heavy (non-hydrogen) atoms. The van der Waals surface area contributed by atoms with Crippen molar-refractivity contribution in [2.24, 2.45) is 5.41 Å². The number of piperazine rings is 1. The van der Waals surface area contributed by atoms with Gasteiger partial charge in [-0.1, -0.05) is 48.0 Å². The van der Waals surface area contributed by atoms with E-state index >= 15 is 0 Å². The Morgan fingerprint density at radius 3 is 2.53 bits per heavy atom. The van der Waals surface area contributed by atoms with Gasteiger partial charge in [0, 0.05) is 45.7 Å². The largest absolute Gasteiger partial charge is 0.340 e. The van der Waals surface area contributed by atoms with Crippen LogP contribution in [-0.2, 0) is 22.6 Å². The third kappa shape index (κ3) is 4.35. The molecule has 2 saturated heterocycles. The number of amides is 2. The van der Waals surface area contributed by atoms with Crippen LogP contribution >= 0.6 is 11.6 Å². The maximum absolute atomic E-state index is 13.9. The fourth-order valence-corrected chi connectivity index (χ4v) is 4.56. The molecule has 158 valence electrons. The Labute approximate surface area is 180 Å². The van der Waals surface area contributed by atoms with E-state index in [1.54, 1.807) is 11.0 Å². The first-order valence-corrected chi connectivity index (χ1v) is 10.6. The highest BCUT2D eigenvalue weighted by Gasteiger charge is 2.50. The van der Waals surface area contributed by atoms with E-state index in [1.165, 1.54) is 12.1 Å². The SMILES string of the molecule is O=C1CC(Cc2ccccc2)(C(=O)N2CCNCC2)CN1Cc1ccc(Cl)c(F)c1. The van der Waals surface area contributed by atoms with Crippen LogP contribution in [0.4, 0.5) is 4.39 Å². The average Bonchev–Trinajstić information content (AvgIpc) is 3.07. The second kappa shape index (κ2) is 8.74. The van der Waals surface area contributed by atoms with Gasteiger partial charge in [0.15, 0.2) is 0 Å². The van der Waals surface area contributed by atoms with Gasteiger partial charge < -0.3 is 15.1 Å². The first kappa shape index (κ1) is 20.8. The summed E-state index contributed by atoms with van der Waals surface area (Å²) in [6, 6.07) is 14.4. The minimum Gasteiger partial charge on any atom is -0.340 e. The van der Waals surface area contributed by atoms with Crippen molar-refractivity contribution >= 4 is 23.4 Å². The zero-order chi connectivity index (χ0) is 21.1. The van der Waals surface area contributed by atoms with Crippen molar-refractivity contribution in [3.63, 3.8) is 0 Å². The third-order valence-corrected chi connectivity index (χ3v) is 6.24. The smallest absolute Gasteiger partial charge is 0.231 e. The van der Waals surface area contributed by atoms with Gasteiger partial charge in [0.05, 0.1) is 10.4 Å². The van der Waals surface area contributed by atoms with Gasteiger partial charge in [0.2, 0.25) is 11.8 Å². The van der Waals surface area contributed by atoms with Crippen LogP contribution in [0.3, 0.4) is 0 Å². The van der Waals surface area contributed by atoms with Crippen LogP contribution in [0, 0.1) is 11.2 Å². The highest BCUT2D eigenvalue weighted by atomic mass is 35.5. The zero-order valence-electron chi connectivity index (χ0n) is 16.7. The lowest BCUT2D eigenvalue weighted by atomic mass is 9.79. The molecule has 2 aliphatic heterocycles. The summed E-state index contributed by atoms with van der Waals surface area (Å²) in [5.41, 5.74) is 0.893. The summed E-state index contributed by atoms with van der Waals surface area (Å²) in [6.45, 7) is 3.40. The normalized spacial score (nSPS) is 21.9. The fourth-order valence-electron chi connectivity index (χ4n) is 4.44. The molecule has 4 rings (SSSR count). The molecule has 7 heteroatoms. The summed E-state index contributed by atoms with van der Waals surface area (Å²) in [5.74, 6) is -0.552. The number of halogens is 2. The van der Waals surface area contributed by atoms with Gasteiger partial charge in [0.25, 0.3) is 0 Å². The Balaban J connectivity index is 1.59. The van der Waals surface area contributed by atoms with Crippen molar-refractivity contribution < 1.29 is 14.0 Å². The third-order valence-electron chi connectivity index (χ3n) is 5.94. The van der Waals surface area contributed by atoms with Crippen molar-refractivity contribution in [3.05, 3.63) is 70.5 Å². The Bertz CT molecular complexity index is 933. The maximum Gasteiger partial charge on any atom is 0.231 e. The summed E-state index contributed by atoms with van der Waals surface area (Å²) in [4.78, 5) is 30.1. The molecule has 0 bridgehead atoms. The number of likely N-dealkylation sites (tertiary alicyclic amines) is 1. The van der Waals surface area contributed by atoms with Gasteiger partial charge in [-0.15, -0.1) is 0 Å². The van der Waals surface area contributed by atoms with Gasteiger partial charge >= 0.3 is 0 Å². The summed E-state index contributed by atoms with van der Waals surface area (Å²) in [5, 5.41) is 3.32. The van der Waals surface area contributed by atoms with Crippen molar-refractivity contribution in [3.8, 4) is 0 Å². The molecule has 1 unspecified atom stereocenters. The molecule has 1 N–H and O–H groups in total. The highest BCUT2D eigenvalue weighted by molar-refractivity contribution is 6.30. The van der Waals surface area contributed by atoms with Crippen molar-refractivity contribution in [2.45, 2.75) is 19.4 Å². The lowest BCUT2D eigenvalue weighted by Crippen LogP contribution is -2.53. The minimum atomic E-state index is -0.805. The van der Waals surface area contributed by atoms with Crippen LogP contribution in [-0.4, -0.2) is 54.3 Å². The molecule has 1 atom stereocenters. The van der Waals surface area contributed by atoms with E-state index in [0.29, 0.717) is 31.6 Å². The van der Waals surface area contributed by atoms with Gasteiger partial charge in [0.1, 0.15) is 5.82 Å². The predicted molar refractivity (Wildman–Crippen MR) is 113 cm³/mol. The van der Waals surface area contributed by atoms with Crippen LogP contribution in [0.25, 0.3) is 0 Å². The Kier molecular flexibility index (Phi) is 6.06. The molecule has 2 fully saturated rings. The lowest BCUT2D eigenvalue weighted by Gasteiger charge is -2.36. The molecular weight excluding hydrogens is 405 g/mol. The number of nitrogens with zero attached hydrogens (tertiary/aromatic N) is 2. The average molecular weight is 430 g/mol. The number of nitrogens with one attached hydrogen (secondary N) is 1. The van der Waals surface area contributed by atoms with Crippen molar-refractivity contribution in [2.75, 3.05) is 32.7 Å². The van der Waals surface area contributed by atoms with E-state index < -0.39 is 11.2 Å². The fraction of sp³-hybridized carbons (Fsp3) is 0.391. The first-order chi connectivity index (χ1) is 14.5. The van der Waals surface area contributed by atoms with Crippen LogP contribution in [0.1, 0.15) is 17.5 Å². The van der Waals surface area contributed by atoms with E-state index in [1.807, 2.05) is 35.2 Å². The Hall–Kier alpha value is -2.44. The Morgan fingerprint density at radius 2 is 1.83 bits per heavy atom. The quantitative estimate of drug-likeness (QED) is 0.795. The summed E-state index contributed by atoms with van der Waals surface area (Å²) >= 11 is 5.78. The number of benzene rings is 2. The number of hydrogen-bond acceptors (Lipinski definition) is 3. The van der Waals surface area contributed by atoms with Crippen LogP contribution in [0.2, 0.25) is 5.02 Å². The Morgan fingerprint density at radius 1 is 1.10 bits per heavy atom. The van der Waals surface area contributed by atoms with E-state index in [2.05, 4.69) is 5.32 Å². The zero-order valence-corrected chi connectivity index (χ0v) is 17.5. The molecule has 5 nitrogen and oxygen atoms in total. The molecule has 0 aliphatic carbocycles. The van der Waals surface area contributed by atoms with Crippen LogP contribution in [0.15, 0.2) is 48.5 Å². The molecule has 2 amide bonds. The molecule has 2 aliphatic rings. The maximum atomic E-state index is 13.9. The number of carbonyl (C=O) groups excluding carboxylic acids is 2. The van der Waals surface area contributed by atoms with E-state index in [-0.39, 0.29) is 29.8 Å².